The maximum atomic E-state index is 12.2. The average molecular weight is 294 g/mol. The Kier molecular flexibility index (Phi) is 3.54. The summed E-state index contributed by atoms with van der Waals surface area (Å²) >= 11 is 0. The molecule has 0 atom stereocenters. The van der Waals surface area contributed by atoms with Crippen molar-refractivity contribution in [2.45, 2.75) is 11.8 Å². The fraction of sp³-hybridized carbons (Fsp3) is 0.154. The summed E-state index contributed by atoms with van der Waals surface area (Å²) in [6.07, 6.45) is 1.26. The number of hydrogen-bond acceptors (Lipinski definition) is 4. The third kappa shape index (κ3) is 2.53. The Morgan fingerprint density at radius 2 is 2.10 bits per heavy atom. The Balaban J connectivity index is 2.75. The molecule has 0 bridgehead atoms. The van der Waals surface area contributed by atoms with Gasteiger partial charge in [-0.25, -0.2) is 13.1 Å². The van der Waals surface area contributed by atoms with Gasteiger partial charge in [0.05, 0.1) is 16.3 Å². The van der Waals surface area contributed by atoms with Crippen molar-refractivity contribution in [1.29, 1.82) is 0 Å². The molecule has 2 N–H and O–H groups in total. The first-order chi connectivity index (χ1) is 9.35. The van der Waals surface area contributed by atoms with Gasteiger partial charge in [-0.1, -0.05) is 6.08 Å². The van der Waals surface area contributed by atoms with Gasteiger partial charge in [0.25, 0.3) is 5.56 Å². The van der Waals surface area contributed by atoms with E-state index in [4.69, 9.17) is 0 Å². The van der Waals surface area contributed by atoms with E-state index in [-0.39, 0.29) is 27.6 Å². The van der Waals surface area contributed by atoms with Crippen molar-refractivity contribution in [2.24, 2.45) is 0 Å². The first-order valence-corrected chi connectivity index (χ1v) is 7.46. The number of H-pyrrole nitrogens is 1. The van der Waals surface area contributed by atoms with Crippen LogP contribution in [-0.2, 0) is 9.84 Å². The highest BCUT2D eigenvalue weighted by molar-refractivity contribution is 7.91. The number of aromatic hydroxyl groups is 1. The van der Waals surface area contributed by atoms with E-state index in [0.717, 1.165) is 10.7 Å². The van der Waals surface area contributed by atoms with Gasteiger partial charge in [0, 0.05) is 17.8 Å². The summed E-state index contributed by atoms with van der Waals surface area (Å²) in [7, 11) is -3.68. The highest BCUT2D eigenvalue weighted by atomic mass is 32.2. The molecular weight excluding hydrogens is 280 g/mol. The zero-order valence-corrected chi connectivity index (χ0v) is 11.6. The molecule has 1 heterocycles. The molecule has 106 valence electrons. The molecular formula is C13H14N2O4S. The highest BCUT2D eigenvalue weighted by Gasteiger charge is 2.20. The van der Waals surface area contributed by atoms with Crippen molar-refractivity contribution in [3.63, 3.8) is 0 Å². The zero-order chi connectivity index (χ0) is 14.9. The summed E-state index contributed by atoms with van der Waals surface area (Å²) in [4.78, 5) is 11.7. The lowest BCUT2D eigenvalue weighted by Crippen LogP contribution is -2.18. The fourth-order valence-electron chi connectivity index (χ4n) is 1.87. The third-order valence-corrected chi connectivity index (χ3v) is 4.38. The van der Waals surface area contributed by atoms with Gasteiger partial charge < -0.3 is 5.11 Å². The predicted molar refractivity (Wildman–Crippen MR) is 75.0 cm³/mol. The lowest BCUT2D eigenvalue weighted by atomic mass is 10.3. The molecule has 0 unspecified atom stereocenters. The smallest absolute Gasteiger partial charge is 0.271 e. The number of rotatable bonds is 4. The Labute approximate surface area is 115 Å². The van der Waals surface area contributed by atoms with Gasteiger partial charge in [0.1, 0.15) is 5.75 Å². The summed E-state index contributed by atoms with van der Waals surface area (Å²) in [6, 6.07) is 5.18. The summed E-state index contributed by atoms with van der Waals surface area (Å²) in [5.41, 5.74) is 0.404. The van der Waals surface area contributed by atoms with E-state index < -0.39 is 9.84 Å². The maximum absolute atomic E-state index is 12.2. The SMILES string of the molecule is C=CCS(=O)(=O)c1cc(O)ccc1-n1[nH]c(C)cc1=O. The van der Waals surface area contributed by atoms with Crippen molar-refractivity contribution in [2.75, 3.05) is 5.75 Å². The van der Waals surface area contributed by atoms with E-state index in [0.29, 0.717) is 5.69 Å². The van der Waals surface area contributed by atoms with Crippen LogP contribution >= 0.6 is 0 Å². The molecule has 0 spiro atoms. The number of aromatic amines is 1. The molecule has 0 saturated heterocycles. The highest BCUT2D eigenvalue weighted by Crippen LogP contribution is 2.24. The minimum atomic E-state index is -3.68. The zero-order valence-electron chi connectivity index (χ0n) is 10.8. The number of nitrogens with zero attached hydrogens (tertiary/aromatic N) is 1. The van der Waals surface area contributed by atoms with E-state index in [1.807, 2.05) is 0 Å². The second kappa shape index (κ2) is 5.01. The van der Waals surface area contributed by atoms with E-state index >= 15 is 0 Å². The van der Waals surface area contributed by atoms with Crippen LogP contribution in [0.2, 0.25) is 0 Å². The van der Waals surface area contributed by atoms with Crippen LogP contribution in [-0.4, -0.2) is 29.1 Å². The Morgan fingerprint density at radius 3 is 2.65 bits per heavy atom. The topological polar surface area (TPSA) is 92.2 Å². The van der Waals surface area contributed by atoms with Gasteiger partial charge in [-0.2, -0.15) is 0 Å². The maximum Gasteiger partial charge on any atom is 0.271 e. The summed E-state index contributed by atoms with van der Waals surface area (Å²) in [5, 5.41) is 12.3. The molecule has 0 aliphatic heterocycles. The van der Waals surface area contributed by atoms with Crippen LogP contribution in [0, 0.1) is 6.92 Å². The van der Waals surface area contributed by atoms with Gasteiger partial charge in [0.2, 0.25) is 0 Å². The summed E-state index contributed by atoms with van der Waals surface area (Å²) < 4.78 is 25.5. The van der Waals surface area contributed by atoms with Crippen LogP contribution in [0.3, 0.4) is 0 Å². The molecule has 0 aliphatic rings. The molecule has 1 aromatic carbocycles. The van der Waals surface area contributed by atoms with Crippen molar-refractivity contribution in [3.05, 3.63) is 53.0 Å². The van der Waals surface area contributed by atoms with Crippen LogP contribution in [0.4, 0.5) is 0 Å². The van der Waals surface area contributed by atoms with Gasteiger partial charge in [-0.15, -0.1) is 6.58 Å². The summed E-state index contributed by atoms with van der Waals surface area (Å²) in [5.74, 6) is -0.467. The second-order valence-corrected chi connectivity index (χ2v) is 6.34. The number of aryl methyl sites for hydroxylation is 1. The monoisotopic (exact) mass is 294 g/mol. The molecule has 0 saturated carbocycles. The van der Waals surface area contributed by atoms with Gasteiger partial charge in [-0.05, 0) is 19.1 Å². The van der Waals surface area contributed by atoms with Crippen LogP contribution in [0.5, 0.6) is 5.75 Å². The predicted octanol–water partition coefficient (Wildman–Crippen LogP) is 1.14. The molecule has 0 aliphatic carbocycles. The Hall–Kier alpha value is -2.28. The number of sulfone groups is 1. The molecule has 1 aromatic heterocycles. The molecule has 7 heteroatoms. The van der Waals surface area contributed by atoms with E-state index in [9.17, 15) is 18.3 Å². The number of hydrogen-bond donors (Lipinski definition) is 2. The number of benzene rings is 1. The molecule has 6 nitrogen and oxygen atoms in total. The molecule has 0 fully saturated rings. The van der Waals surface area contributed by atoms with Crippen molar-refractivity contribution >= 4 is 9.84 Å². The first kappa shape index (κ1) is 14.1. The van der Waals surface area contributed by atoms with Crippen molar-refractivity contribution < 1.29 is 13.5 Å². The number of phenolic OH excluding ortho intramolecular Hbond substituents is 1. The minimum Gasteiger partial charge on any atom is -0.508 e. The number of phenols is 1. The fourth-order valence-corrected chi connectivity index (χ4v) is 3.14. The van der Waals surface area contributed by atoms with E-state index in [1.165, 1.54) is 24.3 Å². The molecule has 0 radical (unpaired) electrons. The minimum absolute atomic E-state index is 0.124. The van der Waals surface area contributed by atoms with Gasteiger partial charge in [0.15, 0.2) is 9.84 Å². The van der Waals surface area contributed by atoms with Crippen LogP contribution in [0.1, 0.15) is 5.69 Å². The van der Waals surface area contributed by atoms with Crippen LogP contribution in [0.25, 0.3) is 5.69 Å². The van der Waals surface area contributed by atoms with Gasteiger partial charge in [-0.3, -0.25) is 9.89 Å². The van der Waals surface area contributed by atoms with Crippen molar-refractivity contribution in [3.8, 4) is 11.4 Å². The molecule has 2 rings (SSSR count). The largest absolute Gasteiger partial charge is 0.508 e. The summed E-state index contributed by atoms with van der Waals surface area (Å²) in [6.45, 7) is 5.09. The standard InChI is InChI=1S/C13H14N2O4S/c1-3-6-20(18,19)12-8-10(16)4-5-11(12)15-13(17)7-9(2)14-15/h3-5,7-8,14,16H,1,6H2,2H3. The van der Waals surface area contributed by atoms with Crippen LogP contribution < -0.4 is 5.56 Å². The van der Waals surface area contributed by atoms with Crippen LogP contribution in [0.15, 0.2) is 46.6 Å². The quantitative estimate of drug-likeness (QED) is 0.827. The molecule has 0 amide bonds. The third-order valence-electron chi connectivity index (χ3n) is 2.71. The first-order valence-electron chi connectivity index (χ1n) is 5.81. The van der Waals surface area contributed by atoms with E-state index in [2.05, 4.69) is 11.7 Å². The number of aromatic nitrogens is 2. The van der Waals surface area contributed by atoms with Crippen molar-refractivity contribution in [1.82, 2.24) is 9.78 Å². The Bertz CT molecular complexity index is 815. The van der Waals surface area contributed by atoms with Gasteiger partial charge >= 0.3 is 0 Å². The normalized spacial score (nSPS) is 11.4. The average Bonchev–Trinajstić information content (AvgIpc) is 2.68. The molecule has 20 heavy (non-hydrogen) atoms. The second-order valence-electron chi connectivity index (χ2n) is 4.33. The van der Waals surface area contributed by atoms with E-state index in [1.54, 1.807) is 6.92 Å². The molecule has 2 aromatic rings. The number of nitrogens with one attached hydrogen (secondary N) is 1. The Morgan fingerprint density at radius 1 is 1.40 bits per heavy atom. The lowest BCUT2D eigenvalue weighted by molar-refractivity contribution is 0.472. The lowest BCUT2D eigenvalue weighted by Gasteiger charge is -2.10.